The summed E-state index contributed by atoms with van der Waals surface area (Å²) in [6, 6.07) is 2.76. The summed E-state index contributed by atoms with van der Waals surface area (Å²) < 4.78 is 40.5. The van der Waals surface area contributed by atoms with Gasteiger partial charge in [-0.05, 0) is 13.0 Å². The van der Waals surface area contributed by atoms with E-state index in [0.717, 1.165) is 6.54 Å². The molecule has 1 saturated heterocycles. The number of rotatable bonds is 3. The van der Waals surface area contributed by atoms with Crippen LogP contribution in [0.5, 0.6) is 5.88 Å². The van der Waals surface area contributed by atoms with Crippen molar-refractivity contribution in [2.24, 2.45) is 0 Å². The first-order valence-electron chi connectivity index (χ1n) is 6.54. The number of piperazine rings is 1. The summed E-state index contributed by atoms with van der Waals surface area (Å²) >= 11 is 0. The zero-order chi connectivity index (χ0) is 15.5. The van der Waals surface area contributed by atoms with Crippen molar-refractivity contribution in [2.45, 2.75) is 19.1 Å². The van der Waals surface area contributed by atoms with E-state index < -0.39 is 12.8 Å². The molecule has 1 aliphatic heterocycles. The SMILES string of the molecule is C[C@H]1CNCCN1C(=O)c1ccc(OCC(F)(F)F)nc1.Cl. The Hall–Kier alpha value is -1.54. The molecule has 0 aliphatic carbocycles. The van der Waals surface area contributed by atoms with Crippen LogP contribution in [-0.4, -0.2) is 54.3 Å². The normalized spacial score (nSPS) is 18.5. The van der Waals surface area contributed by atoms with Crippen molar-refractivity contribution in [3.05, 3.63) is 23.9 Å². The lowest BCUT2D eigenvalue weighted by Crippen LogP contribution is -2.52. The Morgan fingerprint density at radius 3 is 2.77 bits per heavy atom. The molecule has 5 nitrogen and oxygen atoms in total. The molecule has 1 aromatic rings. The van der Waals surface area contributed by atoms with Gasteiger partial charge in [-0.1, -0.05) is 0 Å². The summed E-state index contributed by atoms with van der Waals surface area (Å²) in [4.78, 5) is 17.7. The molecule has 0 saturated carbocycles. The topological polar surface area (TPSA) is 54.5 Å². The van der Waals surface area contributed by atoms with Gasteiger partial charge in [-0.15, -0.1) is 12.4 Å². The molecular weight excluding hydrogens is 323 g/mol. The van der Waals surface area contributed by atoms with Gasteiger partial charge < -0.3 is 15.0 Å². The van der Waals surface area contributed by atoms with Crippen LogP contribution in [0.4, 0.5) is 13.2 Å². The van der Waals surface area contributed by atoms with Gasteiger partial charge >= 0.3 is 6.18 Å². The van der Waals surface area contributed by atoms with Crippen LogP contribution in [0.25, 0.3) is 0 Å². The number of amides is 1. The highest BCUT2D eigenvalue weighted by Crippen LogP contribution is 2.17. The Labute approximate surface area is 132 Å². The molecule has 0 bridgehead atoms. The van der Waals surface area contributed by atoms with Crippen LogP contribution in [0.15, 0.2) is 18.3 Å². The second-order valence-electron chi connectivity index (χ2n) is 4.84. The van der Waals surface area contributed by atoms with Crippen molar-refractivity contribution >= 4 is 18.3 Å². The van der Waals surface area contributed by atoms with Crippen LogP contribution in [0.3, 0.4) is 0 Å². The van der Waals surface area contributed by atoms with Crippen LogP contribution in [0.2, 0.25) is 0 Å². The van der Waals surface area contributed by atoms with Gasteiger partial charge in [0.1, 0.15) is 0 Å². The number of nitrogens with zero attached hydrogens (tertiary/aromatic N) is 2. The lowest BCUT2D eigenvalue weighted by molar-refractivity contribution is -0.154. The van der Waals surface area contributed by atoms with Gasteiger partial charge in [0.15, 0.2) is 6.61 Å². The molecule has 1 atom stereocenters. The van der Waals surface area contributed by atoms with Crippen LogP contribution >= 0.6 is 12.4 Å². The first-order valence-corrected chi connectivity index (χ1v) is 6.54. The Kier molecular flexibility index (Phi) is 6.43. The Balaban J connectivity index is 0.00000242. The molecule has 0 spiro atoms. The molecule has 1 aliphatic rings. The second-order valence-corrected chi connectivity index (χ2v) is 4.84. The van der Waals surface area contributed by atoms with Gasteiger partial charge in [-0.3, -0.25) is 4.79 Å². The fourth-order valence-electron chi connectivity index (χ4n) is 2.06. The van der Waals surface area contributed by atoms with Crippen LogP contribution < -0.4 is 10.1 Å². The van der Waals surface area contributed by atoms with E-state index in [4.69, 9.17) is 0 Å². The van der Waals surface area contributed by atoms with E-state index in [2.05, 4.69) is 15.0 Å². The van der Waals surface area contributed by atoms with Crippen molar-refractivity contribution in [2.75, 3.05) is 26.2 Å². The number of alkyl halides is 3. The van der Waals surface area contributed by atoms with E-state index in [-0.39, 0.29) is 30.2 Å². The summed E-state index contributed by atoms with van der Waals surface area (Å²) in [7, 11) is 0. The number of carbonyl (C=O) groups excluding carboxylic acids is 1. The molecule has 2 rings (SSSR count). The minimum absolute atomic E-state index is 0. The maximum atomic E-state index is 12.3. The molecule has 1 aromatic heterocycles. The maximum Gasteiger partial charge on any atom is 0.422 e. The highest BCUT2D eigenvalue weighted by molar-refractivity contribution is 5.94. The molecule has 124 valence electrons. The molecular formula is C13H17ClF3N3O2. The van der Waals surface area contributed by atoms with E-state index in [1.54, 1.807) is 4.90 Å². The Bertz CT molecular complexity index is 496. The molecule has 9 heteroatoms. The van der Waals surface area contributed by atoms with E-state index in [0.29, 0.717) is 18.7 Å². The molecule has 1 N–H and O–H groups in total. The Morgan fingerprint density at radius 2 is 2.23 bits per heavy atom. The second kappa shape index (κ2) is 7.64. The predicted molar refractivity (Wildman–Crippen MR) is 76.4 cm³/mol. The van der Waals surface area contributed by atoms with E-state index in [1.165, 1.54) is 18.3 Å². The van der Waals surface area contributed by atoms with Crippen molar-refractivity contribution < 1.29 is 22.7 Å². The highest BCUT2D eigenvalue weighted by atomic mass is 35.5. The average molecular weight is 340 g/mol. The first-order chi connectivity index (χ1) is 9.87. The largest absolute Gasteiger partial charge is 0.468 e. The third-order valence-corrected chi connectivity index (χ3v) is 3.13. The summed E-state index contributed by atoms with van der Waals surface area (Å²) in [5, 5.41) is 3.17. The van der Waals surface area contributed by atoms with Crippen molar-refractivity contribution in [1.29, 1.82) is 0 Å². The summed E-state index contributed by atoms with van der Waals surface area (Å²) in [5.74, 6) is -0.337. The number of hydrogen-bond acceptors (Lipinski definition) is 4. The molecule has 1 fully saturated rings. The third kappa shape index (κ3) is 5.03. The summed E-state index contributed by atoms with van der Waals surface area (Å²) in [6.45, 7) is 2.55. The zero-order valence-corrected chi connectivity index (χ0v) is 12.7. The molecule has 0 radical (unpaired) electrons. The van der Waals surface area contributed by atoms with Gasteiger partial charge in [-0.25, -0.2) is 4.98 Å². The summed E-state index contributed by atoms with van der Waals surface area (Å²) in [5.41, 5.74) is 0.336. The van der Waals surface area contributed by atoms with Gasteiger partial charge in [0.25, 0.3) is 5.91 Å². The number of halogens is 4. The van der Waals surface area contributed by atoms with E-state index in [9.17, 15) is 18.0 Å². The quantitative estimate of drug-likeness (QED) is 0.913. The highest BCUT2D eigenvalue weighted by Gasteiger charge is 2.29. The van der Waals surface area contributed by atoms with Gasteiger partial charge in [-0.2, -0.15) is 13.2 Å². The molecule has 1 amide bonds. The Morgan fingerprint density at radius 1 is 1.50 bits per heavy atom. The predicted octanol–water partition coefficient (Wildman–Crippen LogP) is 1.88. The number of nitrogens with one attached hydrogen (secondary N) is 1. The zero-order valence-electron chi connectivity index (χ0n) is 11.9. The third-order valence-electron chi connectivity index (χ3n) is 3.13. The van der Waals surface area contributed by atoms with Gasteiger partial charge in [0, 0.05) is 37.9 Å². The van der Waals surface area contributed by atoms with E-state index in [1.807, 2.05) is 6.92 Å². The minimum Gasteiger partial charge on any atom is -0.468 e. The van der Waals surface area contributed by atoms with Crippen molar-refractivity contribution in [3.8, 4) is 5.88 Å². The smallest absolute Gasteiger partial charge is 0.422 e. The fourth-order valence-corrected chi connectivity index (χ4v) is 2.06. The van der Waals surface area contributed by atoms with Crippen LogP contribution in [0, 0.1) is 0 Å². The number of carbonyl (C=O) groups is 1. The fraction of sp³-hybridized carbons (Fsp3) is 0.538. The van der Waals surface area contributed by atoms with E-state index >= 15 is 0 Å². The summed E-state index contributed by atoms with van der Waals surface area (Å²) in [6.07, 6.45) is -3.17. The molecule has 22 heavy (non-hydrogen) atoms. The minimum atomic E-state index is -4.41. The molecule has 2 heterocycles. The number of pyridine rings is 1. The first kappa shape index (κ1) is 18.5. The number of hydrogen-bond donors (Lipinski definition) is 1. The van der Waals surface area contributed by atoms with Crippen LogP contribution in [-0.2, 0) is 0 Å². The lowest BCUT2D eigenvalue weighted by Gasteiger charge is -2.33. The maximum absolute atomic E-state index is 12.3. The lowest BCUT2D eigenvalue weighted by atomic mass is 10.1. The van der Waals surface area contributed by atoms with Crippen LogP contribution in [0.1, 0.15) is 17.3 Å². The molecule has 0 unspecified atom stereocenters. The number of aromatic nitrogens is 1. The van der Waals surface area contributed by atoms with Gasteiger partial charge in [0.05, 0.1) is 5.56 Å². The molecule has 0 aromatic carbocycles. The average Bonchev–Trinajstić information content (AvgIpc) is 2.45. The number of ether oxygens (including phenoxy) is 1. The standard InChI is InChI=1S/C13H16F3N3O2.ClH/c1-9-6-17-4-5-19(9)12(20)10-2-3-11(18-7-10)21-8-13(14,15)16;/h2-3,7,9,17H,4-6,8H2,1H3;1H/t9-;/m0./s1. The monoisotopic (exact) mass is 339 g/mol. The van der Waals surface area contributed by atoms with Crippen molar-refractivity contribution in [3.63, 3.8) is 0 Å². The van der Waals surface area contributed by atoms with Crippen molar-refractivity contribution in [1.82, 2.24) is 15.2 Å². The van der Waals surface area contributed by atoms with Gasteiger partial charge in [0.2, 0.25) is 5.88 Å².